The van der Waals surface area contributed by atoms with Gasteiger partial charge in [-0.3, -0.25) is 4.79 Å². The highest BCUT2D eigenvalue weighted by Crippen LogP contribution is 2.38. The Morgan fingerprint density at radius 2 is 2.16 bits per heavy atom. The van der Waals surface area contributed by atoms with Gasteiger partial charge in [0.1, 0.15) is 0 Å². The first-order valence-corrected chi connectivity index (χ1v) is 6.92. The smallest absolute Gasteiger partial charge is 0.248 e. The summed E-state index contributed by atoms with van der Waals surface area (Å²) < 4.78 is 26.6. The quantitative estimate of drug-likeness (QED) is 0.711. The maximum Gasteiger partial charge on any atom is 0.248 e. The highest BCUT2D eigenvalue weighted by molar-refractivity contribution is 6.31. The number of carbonyl (C=O) groups is 1. The number of alkyl halides is 2. The molecule has 0 saturated heterocycles. The predicted octanol–water partition coefficient (Wildman–Crippen LogP) is 5.05. The lowest BCUT2D eigenvalue weighted by Gasteiger charge is -2.28. The standard InChI is InChI=1S/C15H17ClF2O/c1-10-5-12(8-13(16)6-10)14(19)7-11-3-2-4-15(17,18)9-11/h5-6,8,11H,2-4,7,9H2,1H3. The first-order chi connectivity index (χ1) is 8.85. The van der Waals surface area contributed by atoms with Crippen molar-refractivity contribution in [2.45, 2.75) is 45.0 Å². The Morgan fingerprint density at radius 3 is 2.79 bits per heavy atom. The highest BCUT2D eigenvalue weighted by atomic mass is 35.5. The Labute approximate surface area is 117 Å². The van der Waals surface area contributed by atoms with Crippen LogP contribution in [0.3, 0.4) is 0 Å². The van der Waals surface area contributed by atoms with E-state index >= 15 is 0 Å². The molecule has 104 valence electrons. The Balaban J connectivity index is 2.04. The van der Waals surface area contributed by atoms with Crippen LogP contribution in [0.5, 0.6) is 0 Å². The molecular formula is C15H17ClF2O. The van der Waals surface area contributed by atoms with Gasteiger partial charge >= 0.3 is 0 Å². The van der Waals surface area contributed by atoms with Crippen LogP contribution in [-0.2, 0) is 0 Å². The van der Waals surface area contributed by atoms with E-state index in [2.05, 4.69) is 0 Å². The average Bonchev–Trinajstić information content (AvgIpc) is 2.26. The van der Waals surface area contributed by atoms with E-state index in [9.17, 15) is 13.6 Å². The molecule has 0 bridgehead atoms. The zero-order valence-electron chi connectivity index (χ0n) is 10.9. The molecule has 1 nitrogen and oxygen atoms in total. The third-order valence-corrected chi connectivity index (χ3v) is 3.80. The molecule has 1 unspecified atom stereocenters. The largest absolute Gasteiger partial charge is 0.294 e. The van der Waals surface area contributed by atoms with Crippen molar-refractivity contribution in [2.24, 2.45) is 5.92 Å². The average molecular weight is 287 g/mol. The first kappa shape index (κ1) is 14.4. The van der Waals surface area contributed by atoms with Gasteiger partial charge in [-0.2, -0.15) is 0 Å². The lowest BCUT2D eigenvalue weighted by molar-refractivity contribution is -0.0521. The van der Waals surface area contributed by atoms with Gasteiger partial charge in [0.05, 0.1) is 0 Å². The van der Waals surface area contributed by atoms with Crippen LogP contribution >= 0.6 is 11.6 Å². The molecule has 1 aromatic carbocycles. The van der Waals surface area contributed by atoms with Crippen LogP contribution < -0.4 is 0 Å². The van der Waals surface area contributed by atoms with Gasteiger partial charge in [0, 0.05) is 29.8 Å². The zero-order chi connectivity index (χ0) is 14.0. The van der Waals surface area contributed by atoms with E-state index in [1.54, 1.807) is 18.2 Å². The maximum atomic E-state index is 13.3. The van der Waals surface area contributed by atoms with E-state index in [-0.39, 0.29) is 31.0 Å². The molecule has 1 atom stereocenters. The number of rotatable bonds is 3. The second-order valence-electron chi connectivity index (χ2n) is 5.46. The molecule has 1 saturated carbocycles. The number of halogens is 3. The van der Waals surface area contributed by atoms with Gasteiger partial charge in [0.2, 0.25) is 5.92 Å². The van der Waals surface area contributed by atoms with Crippen LogP contribution in [0.25, 0.3) is 0 Å². The van der Waals surface area contributed by atoms with Crippen molar-refractivity contribution >= 4 is 17.4 Å². The van der Waals surface area contributed by atoms with Gasteiger partial charge in [-0.05, 0) is 49.4 Å². The van der Waals surface area contributed by atoms with Crippen LogP contribution in [0.1, 0.15) is 48.0 Å². The molecule has 19 heavy (non-hydrogen) atoms. The molecule has 0 N–H and O–H groups in total. The molecule has 0 aliphatic heterocycles. The fraction of sp³-hybridized carbons (Fsp3) is 0.533. The molecule has 0 heterocycles. The number of hydrogen-bond acceptors (Lipinski definition) is 1. The third kappa shape index (κ3) is 4.00. The lowest BCUT2D eigenvalue weighted by Crippen LogP contribution is -2.27. The van der Waals surface area contributed by atoms with Crippen molar-refractivity contribution in [3.63, 3.8) is 0 Å². The Kier molecular flexibility index (Phi) is 4.24. The molecule has 0 aromatic heterocycles. The zero-order valence-corrected chi connectivity index (χ0v) is 11.6. The summed E-state index contributed by atoms with van der Waals surface area (Å²) in [5.74, 6) is -2.91. The van der Waals surface area contributed by atoms with Crippen LogP contribution in [0.15, 0.2) is 18.2 Å². The van der Waals surface area contributed by atoms with E-state index < -0.39 is 5.92 Å². The fourth-order valence-electron chi connectivity index (χ4n) is 2.73. The summed E-state index contributed by atoms with van der Waals surface area (Å²) in [7, 11) is 0. The molecule has 1 aliphatic carbocycles. The molecule has 2 rings (SSSR count). The normalized spacial score (nSPS) is 22.2. The second-order valence-corrected chi connectivity index (χ2v) is 5.90. The molecule has 0 spiro atoms. The first-order valence-electron chi connectivity index (χ1n) is 6.54. The number of benzene rings is 1. The minimum absolute atomic E-state index is 0.0477. The summed E-state index contributed by atoms with van der Waals surface area (Å²) in [6.07, 6.45) is 1.18. The number of ketones is 1. The van der Waals surface area contributed by atoms with E-state index in [1.165, 1.54) is 0 Å². The number of aryl methyl sites for hydroxylation is 1. The molecular weight excluding hydrogens is 270 g/mol. The van der Waals surface area contributed by atoms with Gasteiger partial charge in [-0.1, -0.05) is 11.6 Å². The third-order valence-electron chi connectivity index (χ3n) is 3.58. The summed E-state index contributed by atoms with van der Waals surface area (Å²) in [5, 5.41) is 0.511. The Bertz CT molecular complexity index is 465. The van der Waals surface area contributed by atoms with Crippen molar-refractivity contribution in [3.05, 3.63) is 34.3 Å². The second kappa shape index (κ2) is 5.58. The summed E-state index contributed by atoms with van der Waals surface area (Å²) in [4.78, 5) is 12.1. The van der Waals surface area contributed by atoms with E-state index in [0.29, 0.717) is 23.4 Å². The summed E-state index contributed by atoms with van der Waals surface area (Å²) >= 11 is 5.91. The van der Waals surface area contributed by atoms with Crippen molar-refractivity contribution < 1.29 is 13.6 Å². The topological polar surface area (TPSA) is 17.1 Å². The van der Waals surface area contributed by atoms with Crippen LogP contribution in [0.4, 0.5) is 8.78 Å². The Hall–Kier alpha value is -0.960. The summed E-state index contributed by atoms with van der Waals surface area (Å²) in [6, 6.07) is 5.14. The molecule has 1 fully saturated rings. The Morgan fingerprint density at radius 1 is 1.42 bits per heavy atom. The monoisotopic (exact) mass is 286 g/mol. The molecule has 4 heteroatoms. The maximum absolute atomic E-state index is 13.3. The molecule has 0 radical (unpaired) electrons. The number of Topliss-reactive ketones (excluding diaryl/α,β-unsaturated/α-hetero) is 1. The minimum Gasteiger partial charge on any atom is -0.294 e. The van der Waals surface area contributed by atoms with Gasteiger partial charge < -0.3 is 0 Å². The SMILES string of the molecule is Cc1cc(Cl)cc(C(=O)CC2CCCC(F)(F)C2)c1. The van der Waals surface area contributed by atoms with Crippen molar-refractivity contribution in [1.29, 1.82) is 0 Å². The predicted molar refractivity (Wildman–Crippen MR) is 72.0 cm³/mol. The van der Waals surface area contributed by atoms with Crippen molar-refractivity contribution in [2.75, 3.05) is 0 Å². The van der Waals surface area contributed by atoms with Gasteiger partial charge in [-0.15, -0.1) is 0 Å². The number of hydrogen-bond donors (Lipinski definition) is 0. The lowest BCUT2D eigenvalue weighted by atomic mass is 9.82. The van der Waals surface area contributed by atoms with Crippen LogP contribution in [0, 0.1) is 12.8 Å². The van der Waals surface area contributed by atoms with Gasteiger partial charge in [-0.25, -0.2) is 8.78 Å². The van der Waals surface area contributed by atoms with Crippen molar-refractivity contribution in [3.8, 4) is 0 Å². The highest BCUT2D eigenvalue weighted by Gasteiger charge is 2.36. The number of carbonyl (C=O) groups excluding carboxylic acids is 1. The van der Waals surface area contributed by atoms with E-state index in [4.69, 9.17) is 11.6 Å². The minimum atomic E-state index is -2.60. The molecule has 0 amide bonds. The fourth-order valence-corrected chi connectivity index (χ4v) is 3.02. The van der Waals surface area contributed by atoms with Gasteiger partial charge in [0.25, 0.3) is 0 Å². The summed E-state index contributed by atoms with van der Waals surface area (Å²) in [5.41, 5.74) is 1.43. The van der Waals surface area contributed by atoms with Crippen molar-refractivity contribution in [1.82, 2.24) is 0 Å². The van der Waals surface area contributed by atoms with E-state index in [0.717, 1.165) is 5.56 Å². The van der Waals surface area contributed by atoms with E-state index in [1.807, 2.05) is 6.92 Å². The van der Waals surface area contributed by atoms with Crippen LogP contribution in [-0.4, -0.2) is 11.7 Å². The van der Waals surface area contributed by atoms with Gasteiger partial charge in [0.15, 0.2) is 5.78 Å². The summed E-state index contributed by atoms with van der Waals surface area (Å²) in [6.45, 7) is 1.86. The molecule has 1 aromatic rings. The van der Waals surface area contributed by atoms with Crippen LogP contribution in [0.2, 0.25) is 5.02 Å². The molecule has 1 aliphatic rings.